The smallest absolute Gasteiger partial charge is 0.339 e. The van der Waals surface area contributed by atoms with Crippen LogP contribution in [0.2, 0.25) is 0 Å². The van der Waals surface area contributed by atoms with E-state index in [1.165, 1.54) is 0 Å². The van der Waals surface area contributed by atoms with Gasteiger partial charge >= 0.3 is 58.5 Å². The zero-order chi connectivity index (χ0) is 26.3. The van der Waals surface area contributed by atoms with E-state index in [4.69, 9.17) is 5.11 Å². The molecule has 0 aromatic heterocycles. The second-order valence-corrected chi connectivity index (χ2v) is 8.09. The van der Waals surface area contributed by atoms with Gasteiger partial charge in [-0.05, 0) is 19.3 Å². The maximum atomic E-state index is 14.9. The third-order valence-corrected chi connectivity index (χ3v) is 6.83. The molecule has 190 valence electrons. The predicted molar refractivity (Wildman–Crippen MR) is 74.3 cm³/mol. The summed E-state index contributed by atoms with van der Waals surface area (Å²) in [5.74, 6) is -47.7. The summed E-state index contributed by atoms with van der Waals surface area (Å²) in [6.45, 7) is 2.71. The molecule has 4 aliphatic rings. The van der Waals surface area contributed by atoms with Crippen molar-refractivity contribution in [1.82, 2.24) is 0 Å². The summed E-state index contributed by atoms with van der Waals surface area (Å²) in [7, 11) is 0. The van der Waals surface area contributed by atoms with Crippen LogP contribution in [-0.4, -0.2) is 63.6 Å². The van der Waals surface area contributed by atoms with Gasteiger partial charge in [0.05, 0.1) is 0 Å². The lowest BCUT2D eigenvalue weighted by Gasteiger charge is -2.75. The Balaban J connectivity index is 2.47. The molecule has 0 spiro atoms. The van der Waals surface area contributed by atoms with Gasteiger partial charge in [0.2, 0.25) is 0 Å². The van der Waals surface area contributed by atoms with Crippen LogP contribution >= 0.6 is 0 Å². The van der Waals surface area contributed by atoms with Gasteiger partial charge in [-0.2, -0.15) is 26.3 Å². The van der Waals surface area contributed by atoms with Crippen LogP contribution < -0.4 is 0 Å². The van der Waals surface area contributed by atoms with E-state index in [1.807, 2.05) is 0 Å². The van der Waals surface area contributed by atoms with Crippen molar-refractivity contribution in [2.75, 3.05) is 0 Å². The Hall–Kier alpha value is -1.84. The molecule has 0 radical (unpaired) electrons. The minimum Gasteiger partial charge on any atom is -0.478 e. The Labute approximate surface area is 172 Å². The van der Waals surface area contributed by atoms with Gasteiger partial charge in [0, 0.05) is 5.57 Å². The summed E-state index contributed by atoms with van der Waals surface area (Å²) >= 11 is 0. The first-order valence-corrected chi connectivity index (χ1v) is 8.57. The molecule has 4 rings (SSSR count). The number of carboxylic acids is 1. The first kappa shape index (κ1) is 25.8. The van der Waals surface area contributed by atoms with E-state index < -0.39 is 88.8 Å². The molecule has 1 N–H and O–H groups in total. The van der Waals surface area contributed by atoms with Gasteiger partial charge in [-0.15, -0.1) is 0 Å². The number of aliphatic carboxylic acids is 1. The van der Waals surface area contributed by atoms with Crippen LogP contribution in [0.15, 0.2) is 12.2 Å². The summed E-state index contributed by atoms with van der Waals surface area (Å²) in [6.07, 6.45) is -6.09. The Kier molecular flexibility index (Phi) is 4.44. The standard InChI is InChI=1S/C16H9F15O2/c1-5(6(32)33)3-2-4-7-11(20,21)8(17)14(26,27)9(18,12(7,22)23)16(30,31)10(19,13(7,24)25)15(8,28)29/h1-4H2,(H,32,33). The van der Waals surface area contributed by atoms with Crippen LogP contribution in [0.5, 0.6) is 0 Å². The number of hydrogen-bond donors (Lipinski definition) is 1. The van der Waals surface area contributed by atoms with E-state index >= 15 is 0 Å². The largest absolute Gasteiger partial charge is 0.478 e. The van der Waals surface area contributed by atoms with E-state index in [0.717, 1.165) is 0 Å². The minimum atomic E-state index is -7.81. The Morgan fingerprint density at radius 1 is 0.576 bits per heavy atom. The van der Waals surface area contributed by atoms with Crippen molar-refractivity contribution in [1.29, 1.82) is 0 Å². The van der Waals surface area contributed by atoms with E-state index in [9.17, 15) is 70.7 Å². The molecule has 2 nitrogen and oxygen atoms in total. The van der Waals surface area contributed by atoms with E-state index in [0.29, 0.717) is 0 Å². The molecule has 0 saturated heterocycles. The number of rotatable bonds is 5. The lowest BCUT2D eigenvalue weighted by molar-refractivity contribution is -0.613. The topological polar surface area (TPSA) is 37.3 Å². The quantitative estimate of drug-likeness (QED) is 0.371. The Bertz CT molecular complexity index is 825. The highest BCUT2D eigenvalue weighted by Gasteiger charge is 3.22. The SMILES string of the molecule is C=C(CCCC12C(F)(F)C3(F)C(F)(F)C(F)(C(F)(F)C(F)(C3(F)F)C1(F)F)C2(F)F)C(=O)O. The molecule has 0 unspecified atom stereocenters. The highest BCUT2D eigenvalue weighted by molar-refractivity contribution is 5.85. The van der Waals surface area contributed by atoms with Crippen molar-refractivity contribution < 1.29 is 75.8 Å². The third-order valence-electron chi connectivity index (χ3n) is 6.83. The molecule has 0 heterocycles. The van der Waals surface area contributed by atoms with Crippen molar-refractivity contribution in [3.05, 3.63) is 12.2 Å². The van der Waals surface area contributed by atoms with Crippen molar-refractivity contribution in [3.8, 4) is 0 Å². The average Bonchev–Trinajstić information content (AvgIpc) is 2.64. The minimum absolute atomic E-state index is 1.12. The van der Waals surface area contributed by atoms with Crippen molar-refractivity contribution in [2.45, 2.75) is 71.8 Å². The van der Waals surface area contributed by atoms with Crippen LogP contribution in [-0.2, 0) is 4.79 Å². The fraction of sp³-hybridized carbons (Fsp3) is 0.812. The average molecular weight is 518 g/mol. The number of alkyl halides is 15. The van der Waals surface area contributed by atoms with Gasteiger partial charge in [-0.3, -0.25) is 0 Å². The van der Waals surface area contributed by atoms with Crippen LogP contribution in [0.1, 0.15) is 19.3 Å². The van der Waals surface area contributed by atoms with Crippen LogP contribution in [0.4, 0.5) is 65.9 Å². The molecule has 4 aliphatic carbocycles. The summed E-state index contributed by atoms with van der Waals surface area (Å²) in [4.78, 5) is 10.6. The number of carboxylic acid groups (broad SMARTS) is 1. The summed E-state index contributed by atoms with van der Waals surface area (Å²) in [5.41, 5.74) is -30.5. The van der Waals surface area contributed by atoms with Gasteiger partial charge < -0.3 is 5.11 Å². The second-order valence-electron chi connectivity index (χ2n) is 8.09. The maximum Gasteiger partial charge on any atom is 0.339 e. The van der Waals surface area contributed by atoms with E-state index in [2.05, 4.69) is 6.58 Å². The molecule has 4 bridgehead atoms. The fourth-order valence-electron chi connectivity index (χ4n) is 5.11. The first-order chi connectivity index (χ1) is 14.3. The highest BCUT2D eigenvalue weighted by Crippen LogP contribution is 2.91. The molecule has 4 saturated carbocycles. The Morgan fingerprint density at radius 2 is 0.848 bits per heavy atom. The fourth-order valence-corrected chi connectivity index (χ4v) is 5.11. The molecule has 4 fully saturated rings. The molecule has 0 aromatic rings. The van der Waals surface area contributed by atoms with Crippen LogP contribution in [0.25, 0.3) is 0 Å². The maximum absolute atomic E-state index is 14.9. The van der Waals surface area contributed by atoms with Crippen molar-refractivity contribution >= 4 is 5.97 Å². The molecule has 33 heavy (non-hydrogen) atoms. The van der Waals surface area contributed by atoms with Gasteiger partial charge in [0.25, 0.3) is 0 Å². The zero-order valence-electron chi connectivity index (χ0n) is 15.4. The van der Waals surface area contributed by atoms with Crippen LogP contribution in [0, 0.1) is 5.41 Å². The van der Waals surface area contributed by atoms with Crippen LogP contribution in [0.3, 0.4) is 0 Å². The van der Waals surface area contributed by atoms with Gasteiger partial charge in [-0.25, -0.2) is 44.3 Å². The molecular weight excluding hydrogens is 509 g/mol. The molecule has 0 amide bonds. The third kappa shape index (κ3) is 1.74. The molecular formula is C16H9F15O2. The summed E-state index contributed by atoms with van der Waals surface area (Å²) in [6, 6.07) is 0. The van der Waals surface area contributed by atoms with Crippen molar-refractivity contribution in [2.24, 2.45) is 5.41 Å². The normalized spacial score (nSPS) is 44.5. The van der Waals surface area contributed by atoms with E-state index in [-0.39, 0.29) is 0 Å². The highest BCUT2D eigenvalue weighted by atomic mass is 19.3. The van der Waals surface area contributed by atoms with E-state index in [1.54, 1.807) is 0 Å². The van der Waals surface area contributed by atoms with Crippen molar-refractivity contribution in [3.63, 3.8) is 0 Å². The van der Waals surface area contributed by atoms with Gasteiger partial charge in [-0.1, -0.05) is 6.58 Å². The monoisotopic (exact) mass is 518 g/mol. The number of carbonyl (C=O) groups is 1. The van der Waals surface area contributed by atoms with Gasteiger partial charge in [0.1, 0.15) is 0 Å². The zero-order valence-corrected chi connectivity index (χ0v) is 15.4. The second kappa shape index (κ2) is 5.69. The number of halogens is 15. The summed E-state index contributed by atoms with van der Waals surface area (Å²) in [5, 5.41) is 8.56. The molecule has 0 atom stereocenters. The predicted octanol–water partition coefficient (Wildman–Crippen LogP) is 5.76. The Morgan fingerprint density at radius 3 is 1.09 bits per heavy atom. The lowest BCUT2D eigenvalue weighted by Crippen LogP contribution is -3.07. The molecule has 17 heteroatoms. The lowest BCUT2D eigenvalue weighted by atomic mass is 9.36. The number of hydrogen-bond acceptors (Lipinski definition) is 1. The summed E-state index contributed by atoms with van der Waals surface area (Å²) < 4.78 is 219. The molecule has 0 aliphatic heterocycles. The van der Waals surface area contributed by atoms with Gasteiger partial charge in [0.15, 0.2) is 5.41 Å². The first-order valence-electron chi connectivity index (χ1n) is 8.57. The molecule has 0 aromatic carbocycles.